The number of carbonyl (C=O) groups excluding carboxylic acids is 2. The predicted molar refractivity (Wildman–Crippen MR) is 131 cm³/mol. The van der Waals surface area contributed by atoms with Crippen molar-refractivity contribution in [2.45, 2.75) is 39.8 Å². The van der Waals surface area contributed by atoms with Crippen LogP contribution < -0.4 is 16.8 Å². The molecule has 8 heteroatoms. The van der Waals surface area contributed by atoms with Gasteiger partial charge in [-0.3, -0.25) is 9.59 Å². The molecular formula is C26H31N5O3. The highest BCUT2D eigenvalue weighted by Gasteiger charge is 2.37. The van der Waals surface area contributed by atoms with Crippen LogP contribution in [0.25, 0.3) is 11.3 Å². The van der Waals surface area contributed by atoms with E-state index in [0.29, 0.717) is 31.0 Å². The third-order valence-corrected chi connectivity index (χ3v) is 6.47. The molecule has 2 heterocycles. The van der Waals surface area contributed by atoms with Crippen LogP contribution in [-0.4, -0.2) is 34.8 Å². The molecule has 5 N–H and O–H groups in total. The lowest BCUT2D eigenvalue weighted by molar-refractivity contribution is -0.0284. The average Bonchev–Trinajstić information content (AvgIpc) is 3.14. The molecule has 1 saturated heterocycles. The van der Waals surface area contributed by atoms with Crippen molar-refractivity contribution in [3.05, 3.63) is 70.8 Å². The number of nitrogens with one attached hydrogen (secondary N) is 1. The summed E-state index contributed by atoms with van der Waals surface area (Å²) in [6.07, 6.45) is 0.746. The normalized spacial score (nSPS) is 17.3. The van der Waals surface area contributed by atoms with E-state index in [1.54, 1.807) is 10.7 Å². The Kier molecular flexibility index (Phi) is 6.43. The van der Waals surface area contributed by atoms with Gasteiger partial charge >= 0.3 is 0 Å². The quantitative estimate of drug-likeness (QED) is 0.518. The number of carbonyl (C=O) groups is 2. The SMILES string of the molecule is Cc1ccccc1C(=O)NCc1ccc(-c2nn(C3CCOCC3(C)C)c(N)c2C(N)=O)cc1. The van der Waals surface area contributed by atoms with E-state index in [9.17, 15) is 9.59 Å². The summed E-state index contributed by atoms with van der Waals surface area (Å²) in [7, 11) is 0. The Morgan fingerprint density at radius 1 is 1.18 bits per heavy atom. The number of ether oxygens (including phenoxy) is 1. The molecule has 1 aliphatic rings. The summed E-state index contributed by atoms with van der Waals surface area (Å²) < 4.78 is 7.36. The Morgan fingerprint density at radius 3 is 2.53 bits per heavy atom. The maximum Gasteiger partial charge on any atom is 0.254 e. The maximum absolute atomic E-state index is 12.5. The summed E-state index contributed by atoms with van der Waals surface area (Å²) in [4.78, 5) is 24.8. The van der Waals surface area contributed by atoms with Gasteiger partial charge in [-0.2, -0.15) is 5.10 Å². The summed E-state index contributed by atoms with van der Waals surface area (Å²) in [5.41, 5.74) is 15.8. The monoisotopic (exact) mass is 461 g/mol. The molecule has 34 heavy (non-hydrogen) atoms. The fraction of sp³-hybridized carbons (Fsp3) is 0.346. The average molecular weight is 462 g/mol. The zero-order valence-corrected chi connectivity index (χ0v) is 19.8. The van der Waals surface area contributed by atoms with Gasteiger partial charge in [-0.05, 0) is 30.5 Å². The van der Waals surface area contributed by atoms with Gasteiger partial charge in [-0.1, -0.05) is 56.3 Å². The molecule has 0 saturated carbocycles. The fourth-order valence-electron chi connectivity index (χ4n) is 4.49. The van der Waals surface area contributed by atoms with Crippen LogP contribution in [0.5, 0.6) is 0 Å². The Balaban J connectivity index is 1.57. The zero-order valence-electron chi connectivity index (χ0n) is 19.8. The Hall–Kier alpha value is -3.65. The first-order valence-electron chi connectivity index (χ1n) is 11.4. The van der Waals surface area contributed by atoms with Gasteiger partial charge in [0.15, 0.2) is 0 Å². The number of nitrogen functional groups attached to an aromatic ring is 1. The molecule has 0 bridgehead atoms. The molecule has 1 unspecified atom stereocenters. The van der Waals surface area contributed by atoms with Gasteiger partial charge in [-0.15, -0.1) is 0 Å². The van der Waals surface area contributed by atoms with E-state index in [-0.39, 0.29) is 28.7 Å². The lowest BCUT2D eigenvalue weighted by Gasteiger charge is -2.38. The molecule has 1 atom stereocenters. The Morgan fingerprint density at radius 2 is 1.88 bits per heavy atom. The maximum atomic E-state index is 12.5. The van der Waals surface area contributed by atoms with Gasteiger partial charge in [0.2, 0.25) is 0 Å². The number of primary amides is 1. The molecule has 2 amide bonds. The molecule has 2 aromatic carbocycles. The molecule has 3 aromatic rings. The third-order valence-electron chi connectivity index (χ3n) is 6.47. The standard InChI is InChI=1S/C26H31N5O3/c1-16-6-4-5-7-19(16)25(33)29-14-17-8-10-18(11-9-17)22-21(24(28)32)23(27)31(30-22)20-12-13-34-15-26(20,2)3/h4-11,20H,12-15,27H2,1-3H3,(H2,28,32)(H,29,33). The lowest BCUT2D eigenvalue weighted by atomic mass is 9.82. The zero-order chi connectivity index (χ0) is 24.5. The van der Waals surface area contributed by atoms with E-state index in [0.717, 1.165) is 23.1 Å². The van der Waals surface area contributed by atoms with E-state index in [1.807, 2.05) is 49.4 Å². The number of aromatic nitrogens is 2. The molecule has 0 aliphatic carbocycles. The van der Waals surface area contributed by atoms with Crippen molar-refractivity contribution in [1.29, 1.82) is 0 Å². The van der Waals surface area contributed by atoms with Gasteiger partial charge in [0.1, 0.15) is 17.1 Å². The van der Waals surface area contributed by atoms with Crippen LogP contribution in [0.1, 0.15) is 58.2 Å². The number of aryl methyl sites for hydroxylation is 1. The highest BCUT2D eigenvalue weighted by Crippen LogP contribution is 2.40. The highest BCUT2D eigenvalue weighted by molar-refractivity contribution is 6.03. The molecule has 0 spiro atoms. The highest BCUT2D eigenvalue weighted by atomic mass is 16.5. The van der Waals surface area contributed by atoms with Gasteiger partial charge in [-0.25, -0.2) is 4.68 Å². The minimum Gasteiger partial charge on any atom is -0.383 e. The van der Waals surface area contributed by atoms with Crippen LogP contribution in [0.3, 0.4) is 0 Å². The number of hydrogen-bond acceptors (Lipinski definition) is 5. The molecule has 0 radical (unpaired) electrons. The minimum atomic E-state index is -0.613. The topological polar surface area (TPSA) is 125 Å². The fourth-order valence-corrected chi connectivity index (χ4v) is 4.49. The van der Waals surface area contributed by atoms with Gasteiger partial charge < -0.3 is 21.5 Å². The van der Waals surface area contributed by atoms with Crippen molar-refractivity contribution in [2.75, 3.05) is 18.9 Å². The first kappa shape index (κ1) is 23.5. The largest absolute Gasteiger partial charge is 0.383 e. The summed E-state index contributed by atoms with van der Waals surface area (Å²) in [5, 5.41) is 7.68. The van der Waals surface area contributed by atoms with Crippen molar-refractivity contribution in [3.8, 4) is 11.3 Å². The number of rotatable bonds is 6. The second kappa shape index (κ2) is 9.30. The third kappa shape index (κ3) is 4.54. The van der Waals surface area contributed by atoms with E-state index in [2.05, 4.69) is 19.2 Å². The van der Waals surface area contributed by atoms with Crippen molar-refractivity contribution in [1.82, 2.24) is 15.1 Å². The van der Waals surface area contributed by atoms with Gasteiger partial charge in [0.25, 0.3) is 11.8 Å². The van der Waals surface area contributed by atoms with Crippen LogP contribution >= 0.6 is 0 Å². The van der Waals surface area contributed by atoms with Crippen LogP contribution in [0.2, 0.25) is 0 Å². The van der Waals surface area contributed by atoms with Crippen molar-refractivity contribution < 1.29 is 14.3 Å². The molecule has 8 nitrogen and oxygen atoms in total. The minimum absolute atomic E-state index is 0.0102. The first-order valence-corrected chi connectivity index (χ1v) is 11.4. The number of anilines is 1. The summed E-state index contributed by atoms with van der Waals surface area (Å²) in [6.45, 7) is 7.68. The van der Waals surface area contributed by atoms with Crippen molar-refractivity contribution in [3.63, 3.8) is 0 Å². The second-order valence-electron chi connectivity index (χ2n) is 9.46. The number of hydrogen-bond donors (Lipinski definition) is 3. The van der Waals surface area contributed by atoms with Crippen LogP contribution in [0, 0.1) is 12.3 Å². The molecular weight excluding hydrogens is 430 g/mol. The molecule has 178 valence electrons. The van der Waals surface area contributed by atoms with Crippen LogP contribution in [0.4, 0.5) is 5.82 Å². The molecule has 1 aliphatic heterocycles. The molecule has 1 aromatic heterocycles. The summed E-state index contributed by atoms with van der Waals surface area (Å²) in [5.74, 6) is -0.459. The summed E-state index contributed by atoms with van der Waals surface area (Å²) >= 11 is 0. The Bertz CT molecular complexity index is 1210. The van der Waals surface area contributed by atoms with Crippen LogP contribution in [0.15, 0.2) is 48.5 Å². The smallest absolute Gasteiger partial charge is 0.254 e. The van der Waals surface area contributed by atoms with Crippen molar-refractivity contribution in [2.24, 2.45) is 11.1 Å². The molecule has 4 rings (SSSR count). The summed E-state index contributed by atoms with van der Waals surface area (Å²) in [6, 6.07) is 15.0. The molecule has 1 fully saturated rings. The lowest BCUT2D eigenvalue weighted by Crippen LogP contribution is -2.38. The Labute approximate surface area is 199 Å². The number of amides is 2. The van der Waals surface area contributed by atoms with E-state index < -0.39 is 5.91 Å². The van der Waals surface area contributed by atoms with Gasteiger partial charge in [0.05, 0.1) is 12.6 Å². The number of nitrogens with two attached hydrogens (primary N) is 2. The van der Waals surface area contributed by atoms with Crippen LogP contribution in [-0.2, 0) is 11.3 Å². The van der Waals surface area contributed by atoms with Gasteiger partial charge in [0, 0.05) is 29.7 Å². The first-order chi connectivity index (χ1) is 16.2. The predicted octanol–water partition coefficient (Wildman–Crippen LogP) is 3.46. The van der Waals surface area contributed by atoms with E-state index >= 15 is 0 Å². The number of nitrogens with zero attached hydrogens (tertiary/aromatic N) is 2. The van der Waals surface area contributed by atoms with Crippen molar-refractivity contribution >= 4 is 17.6 Å². The number of benzene rings is 2. The van der Waals surface area contributed by atoms with E-state index in [4.69, 9.17) is 21.3 Å². The van der Waals surface area contributed by atoms with E-state index in [1.165, 1.54) is 0 Å². The second-order valence-corrected chi connectivity index (χ2v) is 9.46.